The van der Waals surface area contributed by atoms with Crippen LogP contribution in [0.15, 0.2) is 49.1 Å². The van der Waals surface area contributed by atoms with E-state index < -0.39 is 28.2 Å². The van der Waals surface area contributed by atoms with Crippen molar-refractivity contribution in [3.05, 3.63) is 64.7 Å². The van der Waals surface area contributed by atoms with Crippen molar-refractivity contribution in [3.63, 3.8) is 0 Å². The molecule has 1 atom stereocenters. The van der Waals surface area contributed by atoms with E-state index in [2.05, 4.69) is 4.98 Å². The van der Waals surface area contributed by atoms with Gasteiger partial charge in [0.1, 0.15) is 11.7 Å². The molecule has 0 radical (unpaired) electrons. The summed E-state index contributed by atoms with van der Waals surface area (Å²) in [5.41, 5.74) is -0.697. The Morgan fingerprint density at radius 1 is 1.37 bits per heavy atom. The van der Waals surface area contributed by atoms with E-state index >= 15 is 0 Å². The molecule has 0 fully saturated rings. The molecule has 27 heavy (non-hydrogen) atoms. The van der Waals surface area contributed by atoms with E-state index in [9.17, 15) is 23.3 Å². The van der Waals surface area contributed by atoms with E-state index in [0.717, 1.165) is 22.8 Å². The van der Waals surface area contributed by atoms with Crippen LogP contribution in [0.3, 0.4) is 0 Å². The Kier molecular flexibility index (Phi) is 4.71. The van der Waals surface area contributed by atoms with Gasteiger partial charge in [0.25, 0.3) is 0 Å². The van der Waals surface area contributed by atoms with Crippen LogP contribution >= 0.6 is 0 Å². The number of aromatic nitrogens is 2. The minimum absolute atomic E-state index is 0.101. The van der Waals surface area contributed by atoms with Gasteiger partial charge in [0.15, 0.2) is 5.03 Å². The van der Waals surface area contributed by atoms with Crippen LogP contribution in [0.1, 0.15) is 32.3 Å². The lowest BCUT2D eigenvalue weighted by molar-refractivity contribution is -0.501. The molecule has 1 aromatic heterocycles. The van der Waals surface area contributed by atoms with Gasteiger partial charge in [-0.3, -0.25) is 0 Å². The Morgan fingerprint density at radius 3 is 2.70 bits per heavy atom. The molecule has 2 aromatic rings. The van der Waals surface area contributed by atoms with Gasteiger partial charge in [-0.25, -0.2) is 15.1 Å². The van der Waals surface area contributed by atoms with Crippen molar-refractivity contribution in [3.8, 4) is 0 Å². The predicted molar refractivity (Wildman–Crippen MR) is 94.2 cm³/mol. The molecule has 0 saturated heterocycles. The highest BCUT2D eigenvalue weighted by atomic mass is 19.4. The zero-order valence-electron chi connectivity index (χ0n) is 14.8. The highest BCUT2D eigenvalue weighted by Crippen LogP contribution is 2.41. The number of benzene rings is 1. The number of anilines is 1. The number of nitro groups is 1. The minimum Gasteiger partial charge on any atom is -0.310 e. The predicted octanol–water partition coefficient (Wildman–Crippen LogP) is 4.63. The van der Waals surface area contributed by atoms with Crippen LogP contribution in [-0.4, -0.2) is 20.6 Å². The third kappa shape index (κ3) is 3.81. The Bertz CT molecular complexity index is 860. The van der Waals surface area contributed by atoms with Crippen molar-refractivity contribution in [2.45, 2.75) is 38.9 Å². The molecule has 1 aliphatic carbocycles. The molecule has 6 nitrogen and oxygen atoms in total. The van der Waals surface area contributed by atoms with Gasteiger partial charge in [-0.05, 0) is 42.5 Å². The molecule has 0 amide bonds. The smallest absolute Gasteiger partial charge is 0.310 e. The molecule has 0 N–H and O–H groups in total. The van der Waals surface area contributed by atoms with Gasteiger partial charge >= 0.3 is 6.18 Å². The number of halogens is 3. The van der Waals surface area contributed by atoms with Crippen LogP contribution in [0.5, 0.6) is 0 Å². The Hall–Kier alpha value is -2.84. The largest absolute Gasteiger partial charge is 0.416 e. The monoisotopic (exact) mass is 380 g/mol. The number of imidazole rings is 1. The second-order valence-corrected chi connectivity index (χ2v) is 7.19. The summed E-state index contributed by atoms with van der Waals surface area (Å²) in [5.74, 6) is 0. The van der Waals surface area contributed by atoms with E-state index in [1.807, 2.05) is 13.8 Å². The molecule has 0 saturated carbocycles. The zero-order valence-corrected chi connectivity index (χ0v) is 14.8. The van der Waals surface area contributed by atoms with Gasteiger partial charge < -0.3 is 4.57 Å². The fourth-order valence-corrected chi connectivity index (χ4v) is 3.32. The number of allylic oxidation sites excluding steroid dienone is 1. The lowest BCUT2D eigenvalue weighted by Gasteiger charge is -2.39. The molecular formula is C18H19F3N4O2. The topological polar surface area (TPSA) is 64.2 Å². The third-order valence-electron chi connectivity index (χ3n) is 4.89. The number of hydrazine groups is 1. The number of nitrogens with zero attached hydrogens (tertiary/aromatic N) is 4. The van der Waals surface area contributed by atoms with E-state index in [1.54, 1.807) is 29.4 Å². The number of hydrogen-bond acceptors (Lipinski definition) is 3. The van der Waals surface area contributed by atoms with Crippen molar-refractivity contribution < 1.29 is 18.2 Å². The summed E-state index contributed by atoms with van der Waals surface area (Å²) < 4.78 is 41.0. The molecule has 0 bridgehead atoms. The summed E-state index contributed by atoms with van der Waals surface area (Å²) in [7, 11) is 0. The van der Waals surface area contributed by atoms with Gasteiger partial charge in [0, 0.05) is 18.1 Å². The summed E-state index contributed by atoms with van der Waals surface area (Å²) in [6.07, 6.45) is 3.45. The minimum atomic E-state index is -4.57. The first-order chi connectivity index (χ1) is 12.6. The average Bonchev–Trinajstić information content (AvgIpc) is 3.10. The SMILES string of the molecule is CC1(C)CCC(n2ccnc2)=CC1N(c1cccc(C(F)(F)F)c1)[N+](=O)[O-]. The normalized spacial score (nSPS) is 19.4. The summed E-state index contributed by atoms with van der Waals surface area (Å²) >= 11 is 0. The average molecular weight is 380 g/mol. The molecule has 1 aliphatic rings. The fourth-order valence-electron chi connectivity index (χ4n) is 3.32. The summed E-state index contributed by atoms with van der Waals surface area (Å²) in [6, 6.07) is 3.51. The first-order valence-corrected chi connectivity index (χ1v) is 8.39. The Morgan fingerprint density at radius 2 is 2.11 bits per heavy atom. The first kappa shape index (κ1) is 18.9. The fraction of sp³-hybridized carbons (Fsp3) is 0.389. The maximum Gasteiger partial charge on any atom is 0.416 e. The quantitative estimate of drug-likeness (QED) is 0.573. The van der Waals surface area contributed by atoms with Crippen molar-refractivity contribution >= 4 is 11.4 Å². The van der Waals surface area contributed by atoms with E-state index in [1.165, 1.54) is 12.1 Å². The molecular weight excluding hydrogens is 361 g/mol. The molecule has 0 aliphatic heterocycles. The van der Waals surface area contributed by atoms with Gasteiger partial charge in [-0.1, -0.05) is 24.9 Å². The third-order valence-corrected chi connectivity index (χ3v) is 4.89. The van der Waals surface area contributed by atoms with Crippen LogP contribution in [0.4, 0.5) is 18.9 Å². The van der Waals surface area contributed by atoms with Crippen molar-refractivity contribution in [1.29, 1.82) is 0 Å². The first-order valence-electron chi connectivity index (χ1n) is 8.39. The molecule has 0 spiro atoms. The lowest BCUT2D eigenvalue weighted by Crippen LogP contribution is -2.49. The van der Waals surface area contributed by atoms with E-state index in [4.69, 9.17) is 0 Å². The van der Waals surface area contributed by atoms with Gasteiger partial charge in [-0.2, -0.15) is 13.2 Å². The molecule has 9 heteroatoms. The van der Waals surface area contributed by atoms with Crippen LogP contribution in [0.2, 0.25) is 0 Å². The molecule has 1 unspecified atom stereocenters. The molecule has 1 heterocycles. The lowest BCUT2D eigenvalue weighted by atomic mass is 9.75. The Labute approximate surface area is 154 Å². The van der Waals surface area contributed by atoms with Gasteiger partial charge in [0.2, 0.25) is 0 Å². The van der Waals surface area contributed by atoms with E-state index in [-0.39, 0.29) is 5.69 Å². The van der Waals surface area contributed by atoms with Gasteiger partial charge in [0.05, 0.1) is 11.9 Å². The van der Waals surface area contributed by atoms with E-state index in [0.29, 0.717) is 12.8 Å². The standard InChI is InChI=1S/C18H19F3N4O2/c1-17(2)7-6-14(23-9-8-22-12-23)11-16(17)24(25(26)27)15-5-3-4-13(10-15)18(19,20)21/h3-5,8-12,16H,6-7H2,1-2H3. The summed E-state index contributed by atoms with van der Waals surface area (Å²) in [6.45, 7) is 3.76. The second-order valence-electron chi connectivity index (χ2n) is 7.19. The van der Waals surface area contributed by atoms with Crippen LogP contribution in [0, 0.1) is 15.5 Å². The van der Waals surface area contributed by atoms with Crippen molar-refractivity contribution in [2.24, 2.45) is 5.41 Å². The van der Waals surface area contributed by atoms with Crippen molar-refractivity contribution in [1.82, 2.24) is 9.55 Å². The molecule has 1 aromatic carbocycles. The zero-order chi connectivity index (χ0) is 19.8. The van der Waals surface area contributed by atoms with Crippen molar-refractivity contribution in [2.75, 3.05) is 5.01 Å². The molecule has 3 rings (SSSR count). The maximum atomic E-state index is 13.1. The number of rotatable bonds is 4. The highest BCUT2D eigenvalue weighted by molar-refractivity contribution is 5.54. The van der Waals surface area contributed by atoms with Gasteiger partial charge in [-0.15, -0.1) is 0 Å². The number of alkyl halides is 3. The maximum absolute atomic E-state index is 13.1. The number of hydrogen-bond donors (Lipinski definition) is 0. The second kappa shape index (κ2) is 6.71. The molecule has 144 valence electrons. The summed E-state index contributed by atoms with van der Waals surface area (Å²) in [4.78, 5) is 15.8. The summed E-state index contributed by atoms with van der Waals surface area (Å²) in [5, 5.41) is 12.0. The Balaban J connectivity index is 2.08. The van der Waals surface area contributed by atoms with Crippen LogP contribution in [-0.2, 0) is 6.18 Å². The van der Waals surface area contributed by atoms with Crippen LogP contribution in [0.25, 0.3) is 5.70 Å². The highest BCUT2D eigenvalue weighted by Gasteiger charge is 2.42. The van der Waals surface area contributed by atoms with Crippen LogP contribution < -0.4 is 5.01 Å².